The number of nitrogens with one attached hydrogen (secondary N) is 1. The van der Waals surface area contributed by atoms with Crippen LogP contribution >= 0.6 is 15.9 Å². The summed E-state index contributed by atoms with van der Waals surface area (Å²) in [5.41, 5.74) is 3.41. The second-order valence-electron chi connectivity index (χ2n) is 4.97. The molecular weight excluding hydrogens is 324 g/mol. The lowest BCUT2D eigenvalue weighted by Gasteiger charge is -2.20. The van der Waals surface area contributed by atoms with Gasteiger partial charge in [-0.05, 0) is 72.1 Å². The lowest BCUT2D eigenvalue weighted by atomic mass is 10.1. The fourth-order valence-corrected chi connectivity index (χ4v) is 3.03. The molecule has 0 spiro atoms. The number of benzene rings is 2. The van der Waals surface area contributed by atoms with Crippen molar-refractivity contribution < 1.29 is 8.78 Å². The molecule has 0 fully saturated rings. The topological polar surface area (TPSA) is 12.0 Å². The van der Waals surface area contributed by atoms with Crippen LogP contribution in [0.25, 0.3) is 0 Å². The van der Waals surface area contributed by atoms with E-state index in [2.05, 4.69) is 21.2 Å². The molecule has 0 aliphatic carbocycles. The number of hydrogen-bond donors (Lipinski definition) is 1. The Balaban J connectivity index is 2.32. The lowest BCUT2D eigenvalue weighted by Crippen LogP contribution is -2.10. The van der Waals surface area contributed by atoms with Crippen molar-refractivity contribution in [3.8, 4) is 0 Å². The molecule has 0 aromatic heterocycles. The van der Waals surface area contributed by atoms with Crippen LogP contribution in [-0.4, -0.2) is 0 Å². The highest BCUT2D eigenvalue weighted by atomic mass is 79.9. The fourth-order valence-electron chi connectivity index (χ4n) is 2.24. The van der Waals surface area contributed by atoms with Gasteiger partial charge in [0.25, 0.3) is 0 Å². The Labute approximate surface area is 126 Å². The highest BCUT2D eigenvalue weighted by Gasteiger charge is 2.14. The molecule has 0 saturated heterocycles. The van der Waals surface area contributed by atoms with Gasteiger partial charge < -0.3 is 5.32 Å². The van der Waals surface area contributed by atoms with Crippen molar-refractivity contribution in [2.45, 2.75) is 26.8 Å². The van der Waals surface area contributed by atoms with Crippen LogP contribution in [0.5, 0.6) is 0 Å². The van der Waals surface area contributed by atoms with Gasteiger partial charge in [0.05, 0.1) is 11.7 Å². The van der Waals surface area contributed by atoms with E-state index in [1.807, 2.05) is 32.9 Å². The molecule has 106 valence electrons. The number of rotatable bonds is 3. The zero-order valence-corrected chi connectivity index (χ0v) is 13.2. The van der Waals surface area contributed by atoms with Crippen molar-refractivity contribution in [1.82, 2.24) is 0 Å². The minimum atomic E-state index is -0.435. The van der Waals surface area contributed by atoms with E-state index >= 15 is 0 Å². The van der Waals surface area contributed by atoms with Crippen molar-refractivity contribution in [2.75, 3.05) is 5.32 Å². The maximum Gasteiger partial charge on any atom is 0.128 e. The number of halogens is 3. The van der Waals surface area contributed by atoms with Crippen LogP contribution in [0.2, 0.25) is 0 Å². The second kappa shape index (κ2) is 5.92. The van der Waals surface area contributed by atoms with Crippen molar-refractivity contribution in [3.05, 3.63) is 63.1 Å². The summed E-state index contributed by atoms with van der Waals surface area (Å²) in [6.45, 7) is 5.80. The first-order chi connectivity index (χ1) is 9.38. The van der Waals surface area contributed by atoms with Gasteiger partial charge >= 0.3 is 0 Å². The minimum Gasteiger partial charge on any atom is -0.377 e. The molecule has 0 aliphatic heterocycles. The summed E-state index contributed by atoms with van der Waals surface area (Å²) in [6.07, 6.45) is 0. The third kappa shape index (κ3) is 3.18. The van der Waals surface area contributed by atoms with Gasteiger partial charge in [-0.2, -0.15) is 0 Å². The van der Waals surface area contributed by atoms with E-state index in [-0.39, 0.29) is 6.04 Å². The van der Waals surface area contributed by atoms with E-state index in [1.54, 1.807) is 0 Å². The Bertz CT molecular complexity index is 617. The Hall–Kier alpha value is -1.42. The van der Waals surface area contributed by atoms with E-state index in [1.165, 1.54) is 6.07 Å². The highest BCUT2D eigenvalue weighted by molar-refractivity contribution is 9.10. The van der Waals surface area contributed by atoms with Gasteiger partial charge in [-0.15, -0.1) is 0 Å². The molecule has 0 aliphatic rings. The molecule has 0 amide bonds. The Kier molecular flexibility index (Phi) is 4.43. The molecule has 0 radical (unpaired) electrons. The predicted octanol–water partition coefficient (Wildman–Crippen LogP) is 5.52. The first kappa shape index (κ1) is 15.0. The maximum absolute atomic E-state index is 13.8. The largest absolute Gasteiger partial charge is 0.377 e. The first-order valence-electron chi connectivity index (χ1n) is 6.36. The average Bonchev–Trinajstić information content (AvgIpc) is 2.36. The maximum atomic E-state index is 13.8. The van der Waals surface area contributed by atoms with Crippen molar-refractivity contribution in [3.63, 3.8) is 0 Å². The van der Waals surface area contributed by atoms with Crippen molar-refractivity contribution in [1.29, 1.82) is 0 Å². The Morgan fingerprint density at radius 3 is 2.45 bits per heavy atom. The van der Waals surface area contributed by atoms with Gasteiger partial charge in [0.15, 0.2) is 0 Å². The normalized spacial score (nSPS) is 12.3. The molecule has 1 atom stereocenters. The van der Waals surface area contributed by atoms with Gasteiger partial charge in [0, 0.05) is 10.0 Å². The van der Waals surface area contributed by atoms with E-state index in [0.29, 0.717) is 5.56 Å². The number of hydrogen-bond acceptors (Lipinski definition) is 1. The van der Waals surface area contributed by atoms with E-state index in [9.17, 15) is 8.78 Å². The van der Waals surface area contributed by atoms with Crippen LogP contribution in [0, 0.1) is 25.5 Å². The summed E-state index contributed by atoms with van der Waals surface area (Å²) in [5, 5.41) is 3.24. The van der Waals surface area contributed by atoms with Gasteiger partial charge in [0.2, 0.25) is 0 Å². The molecule has 1 nitrogen and oxygen atoms in total. The summed E-state index contributed by atoms with van der Waals surface area (Å²) in [4.78, 5) is 0. The average molecular weight is 340 g/mol. The SMILES string of the molecule is Cc1cc(C)c(NC(C)c2cc(F)ccc2F)c(Br)c1. The van der Waals surface area contributed by atoms with Crippen LogP contribution in [0.15, 0.2) is 34.8 Å². The van der Waals surface area contributed by atoms with E-state index < -0.39 is 11.6 Å². The summed E-state index contributed by atoms with van der Waals surface area (Å²) < 4.78 is 27.9. The van der Waals surface area contributed by atoms with E-state index in [0.717, 1.165) is 33.4 Å². The summed E-state index contributed by atoms with van der Waals surface area (Å²) >= 11 is 3.50. The predicted molar refractivity (Wildman–Crippen MR) is 82.0 cm³/mol. The van der Waals surface area contributed by atoms with Crippen LogP contribution in [0.3, 0.4) is 0 Å². The second-order valence-corrected chi connectivity index (χ2v) is 5.82. The lowest BCUT2D eigenvalue weighted by molar-refractivity contribution is 0.577. The minimum absolute atomic E-state index is 0.317. The van der Waals surface area contributed by atoms with Crippen molar-refractivity contribution >= 4 is 21.6 Å². The summed E-state index contributed by atoms with van der Waals surface area (Å²) in [5.74, 6) is -0.845. The van der Waals surface area contributed by atoms with Gasteiger partial charge in [-0.25, -0.2) is 8.78 Å². The molecule has 0 saturated carbocycles. The summed E-state index contributed by atoms with van der Waals surface area (Å²) in [6, 6.07) is 7.21. The fraction of sp³-hybridized carbons (Fsp3) is 0.250. The monoisotopic (exact) mass is 339 g/mol. The molecular formula is C16H16BrF2N. The zero-order chi connectivity index (χ0) is 14.9. The van der Waals surface area contributed by atoms with Crippen LogP contribution < -0.4 is 5.32 Å². The van der Waals surface area contributed by atoms with Gasteiger partial charge in [-0.3, -0.25) is 0 Å². The Morgan fingerprint density at radius 1 is 1.10 bits per heavy atom. The molecule has 4 heteroatoms. The van der Waals surface area contributed by atoms with Crippen LogP contribution in [0.4, 0.5) is 14.5 Å². The Morgan fingerprint density at radius 2 is 1.80 bits per heavy atom. The summed E-state index contributed by atoms with van der Waals surface area (Å²) in [7, 11) is 0. The van der Waals surface area contributed by atoms with Crippen LogP contribution in [-0.2, 0) is 0 Å². The molecule has 1 N–H and O–H groups in total. The first-order valence-corrected chi connectivity index (χ1v) is 7.16. The molecule has 2 aromatic carbocycles. The highest BCUT2D eigenvalue weighted by Crippen LogP contribution is 2.31. The molecule has 20 heavy (non-hydrogen) atoms. The van der Waals surface area contributed by atoms with Gasteiger partial charge in [-0.1, -0.05) is 6.07 Å². The molecule has 2 rings (SSSR count). The third-order valence-electron chi connectivity index (χ3n) is 3.22. The van der Waals surface area contributed by atoms with E-state index in [4.69, 9.17) is 0 Å². The third-order valence-corrected chi connectivity index (χ3v) is 3.84. The standard InChI is InChI=1S/C16H16BrF2N/c1-9-6-10(2)16(14(17)7-9)20-11(3)13-8-12(18)4-5-15(13)19/h4-8,11,20H,1-3H3. The number of anilines is 1. The number of aryl methyl sites for hydroxylation is 2. The van der Waals surface area contributed by atoms with Crippen molar-refractivity contribution in [2.24, 2.45) is 0 Å². The zero-order valence-electron chi connectivity index (χ0n) is 11.6. The van der Waals surface area contributed by atoms with Crippen LogP contribution in [0.1, 0.15) is 29.7 Å². The molecule has 0 bridgehead atoms. The smallest absolute Gasteiger partial charge is 0.128 e. The molecule has 0 heterocycles. The van der Waals surface area contributed by atoms with Gasteiger partial charge in [0.1, 0.15) is 11.6 Å². The molecule has 2 aromatic rings. The quantitative estimate of drug-likeness (QED) is 0.776. The molecule has 1 unspecified atom stereocenters.